The van der Waals surface area contributed by atoms with Crippen LogP contribution in [0, 0.1) is 0 Å². The van der Waals surface area contributed by atoms with Crippen molar-refractivity contribution in [3.8, 4) is 11.4 Å². The van der Waals surface area contributed by atoms with E-state index in [1.165, 1.54) is 43.4 Å². The van der Waals surface area contributed by atoms with Crippen molar-refractivity contribution in [1.82, 2.24) is 9.13 Å². The third kappa shape index (κ3) is 12.4. The molecule has 0 saturated carbocycles. The number of thiophene rings is 2. The summed E-state index contributed by atoms with van der Waals surface area (Å²) in [4.78, 5) is 92.3. The Labute approximate surface area is 480 Å². The van der Waals surface area contributed by atoms with Gasteiger partial charge in [-0.05, 0) is 158 Å². The summed E-state index contributed by atoms with van der Waals surface area (Å²) in [5.41, 5.74) is 11.1. The first-order chi connectivity index (χ1) is 39.7. The fourth-order valence-electron chi connectivity index (χ4n) is 10.2. The molecule has 14 nitrogen and oxygen atoms in total. The van der Waals surface area contributed by atoms with Crippen molar-refractivity contribution in [3.63, 3.8) is 0 Å². The number of nitrogens with zero attached hydrogens (tertiary/aromatic N) is 5. The molecule has 0 aliphatic rings. The highest BCUT2D eigenvalue weighted by atomic mass is 32.1. The number of carbonyl (C=O) groups is 6. The van der Waals surface area contributed by atoms with Crippen LogP contribution < -0.4 is 0 Å². The lowest BCUT2D eigenvalue weighted by molar-refractivity contribution is -0.141. The van der Waals surface area contributed by atoms with E-state index in [1.54, 1.807) is 13.8 Å². The zero-order valence-corrected chi connectivity index (χ0v) is 47.5. The lowest BCUT2D eigenvalue weighted by Crippen LogP contribution is -2.05. The topological polar surface area (TPSA) is 177 Å². The van der Waals surface area contributed by atoms with Gasteiger partial charge >= 0.3 is 17.9 Å². The number of oxime groups is 3. The summed E-state index contributed by atoms with van der Waals surface area (Å²) in [6.45, 7) is 7.46. The summed E-state index contributed by atoms with van der Waals surface area (Å²) in [6, 6.07) is 46.2. The van der Waals surface area contributed by atoms with Gasteiger partial charge in [0.25, 0.3) is 0 Å². The number of benzene rings is 6. The van der Waals surface area contributed by atoms with E-state index in [0.29, 0.717) is 56.4 Å². The van der Waals surface area contributed by atoms with Gasteiger partial charge in [0, 0.05) is 82.4 Å². The molecule has 0 atom stereocenters. The Morgan fingerprint density at radius 1 is 0.390 bits per heavy atom. The summed E-state index contributed by atoms with van der Waals surface area (Å²) in [5.74, 6) is -1.60. The van der Waals surface area contributed by atoms with Gasteiger partial charge in [-0.25, -0.2) is 14.4 Å². The van der Waals surface area contributed by atoms with Crippen LogP contribution in [0.15, 0.2) is 172 Å². The number of hydrogen-bond donors (Lipinski definition) is 0. The van der Waals surface area contributed by atoms with Crippen molar-refractivity contribution < 1.29 is 43.3 Å². The number of unbranched alkanes of at least 4 members (excludes halogenated alkanes) is 5. The van der Waals surface area contributed by atoms with Gasteiger partial charge in [-0.3, -0.25) is 14.4 Å². The second kappa shape index (κ2) is 25.0. The molecule has 82 heavy (non-hydrogen) atoms. The van der Waals surface area contributed by atoms with Gasteiger partial charge in [-0.15, -0.1) is 22.7 Å². The van der Waals surface area contributed by atoms with E-state index >= 15 is 0 Å². The molecule has 10 aromatic rings. The molecular formula is C66H57N5O9S2. The van der Waals surface area contributed by atoms with E-state index in [9.17, 15) is 28.8 Å². The zero-order valence-electron chi connectivity index (χ0n) is 45.9. The molecule has 412 valence electrons. The second-order valence-electron chi connectivity index (χ2n) is 20.0. The summed E-state index contributed by atoms with van der Waals surface area (Å²) in [7, 11) is 0. The Hall–Kier alpha value is -9.25. The average Bonchev–Trinajstić information content (AvgIpc) is 3.93. The number of carbonyl (C=O) groups excluding carboxylic acids is 6. The molecule has 0 aliphatic heterocycles. The number of fused-ring (bicyclic) bond motifs is 6. The van der Waals surface area contributed by atoms with E-state index in [0.717, 1.165) is 110 Å². The molecule has 4 heterocycles. The van der Waals surface area contributed by atoms with E-state index in [1.807, 2.05) is 156 Å². The monoisotopic (exact) mass is 1130 g/mol. The molecule has 0 unspecified atom stereocenters. The van der Waals surface area contributed by atoms with Crippen molar-refractivity contribution in [2.75, 3.05) is 0 Å². The van der Waals surface area contributed by atoms with Gasteiger partial charge in [0.05, 0.1) is 49.0 Å². The van der Waals surface area contributed by atoms with Crippen molar-refractivity contribution in [1.29, 1.82) is 0 Å². The van der Waals surface area contributed by atoms with Crippen LogP contribution in [0.1, 0.15) is 144 Å². The van der Waals surface area contributed by atoms with Crippen LogP contribution in [-0.4, -0.2) is 61.5 Å². The Kier molecular flexibility index (Phi) is 17.1. The van der Waals surface area contributed by atoms with Crippen LogP contribution in [0.4, 0.5) is 0 Å². The zero-order chi connectivity index (χ0) is 57.4. The molecule has 16 heteroatoms. The molecule has 0 bridgehead atoms. The number of Topliss-reactive ketones (excluding diaryl/α,β-unsaturated/α-hetero) is 1. The van der Waals surface area contributed by atoms with Crippen LogP contribution in [-0.2, 0) is 28.9 Å². The van der Waals surface area contributed by atoms with Gasteiger partial charge in [0.2, 0.25) is 11.6 Å². The third-order valence-electron chi connectivity index (χ3n) is 14.3. The first-order valence-electron chi connectivity index (χ1n) is 27.0. The minimum Gasteiger partial charge on any atom is -0.318 e. The predicted octanol–water partition coefficient (Wildman–Crippen LogP) is 15.3. The number of hydrogen-bond acceptors (Lipinski definition) is 14. The quantitative estimate of drug-likeness (QED) is 0.0210. The summed E-state index contributed by atoms with van der Waals surface area (Å²) in [6.07, 6.45) is 6.09. The van der Waals surface area contributed by atoms with Crippen LogP contribution in [0.25, 0.3) is 55.0 Å². The molecule has 6 aromatic carbocycles. The minimum absolute atomic E-state index is 0.0493. The van der Waals surface area contributed by atoms with Crippen molar-refractivity contribution in [2.45, 2.75) is 86.0 Å². The summed E-state index contributed by atoms with van der Waals surface area (Å²) < 4.78 is 4.25. The van der Waals surface area contributed by atoms with Crippen molar-refractivity contribution in [3.05, 3.63) is 199 Å². The maximum absolute atomic E-state index is 13.9. The Balaban J connectivity index is 0.821. The van der Waals surface area contributed by atoms with E-state index in [2.05, 4.69) is 24.6 Å². The Morgan fingerprint density at radius 3 is 1.16 bits per heavy atom. The van der Waals surface area contributed by atoms with Gasteiger partial charge in [-0.1, -0.05) is 83.6 Å². The van der Waals surface area contributed by atoms with Crippen LogP contribution in [0.2, 0.25) is 0 Å². The number of ketones is 3. The van der Waals surface area contributed by atoms with Gasteiger partial charge in [0.15, 0.2) is 5.78 Å². The smallest absolute Gasteiger partial charge is 0.318 e. The fraction of sp³-hybridized carbons (Fsp3) is 0.197. The largest absolute Gasteiger partial charge is 0.331 e. The van der Waals surface area contributed by atoms with Gasteiger partial charge in [-0.2, -0.15) is 0 Å². The normalized spacial score (nSPS) is 12.1. The van der Waals surface area contributed by atoms with Gasteiger partial charge in [0.1, 0.15) is 0 Å². The maximum Gasteiger partial charge on any atom is 0.331 e. The van der Waals surface area contributed by atoms with Gasteiger partial charge < -0.3 is 23.6 Å². The minimum atomic E-state index is -0.525. The molecule has 0 N–H and O–H groups in total. The number of rotatable bonds is 22. The average molecular weight is 1130 g/mol. The van der Waals surface area contributed by atoms with E-state index < -0.39 is 17.9 Å². The molecule has 0 spiro atoms. The predicted molar refractivity (Wildman–Crippen MR) is 325 cm³/mol. The van der Waals surface area contributed by atoms with Crippen molar-refractivity contribution in [2.24, 2.45) is 15.5 Å². The highest BCUT2D eigenvalue weighted by molar-refractivity contribution is 7.12. The third-order valence-corrected chi connectivity index (χ3v) is 16.0. The SMILES string of the molecule is CC(=O)ON=C(C)c1ccc(-n2c3ccc(C(=O)CCCCCCCCC(=NOC(C)=O)c4ccc5c(c4)c4cc(C(=O)c6cccs6)ccc4n5-c4ccc(C(C)=NOC(C)=O)cc4)cc3c3cc(C(=O)c4cccs4)ccc32)cc1. The Morgan fingerprint density at radius 2 is 0.744 bits per heavy atom. The highest BCUT2D eigenvalue weighted by Gasteiger charge is 2.21. The second-order valence-corrected chi connectivity index (χ2v) is 21.9. The summed E-state index contributed by atoms with van der Waals surface area (Å²) in [5, 5.41) is 19.5. The van der Waals surface area contributed by atoms with Crippen LogP contribution >= 0.6 is 22.7 Å². The standard InChI is InChI=1S/C66H57N5O9S2/c1-40(67-78-42(3)72)45-18-26-51(27-19-45)70-58-30-22-47(36-53(58)55-38-49(24-32-60(55)70)65(76)63-16-12-34-81-63)57(69-80-44(5)74)14-10-8-6-7-9-11-15-62(75)48-23-31-59-54(37-48)56-39-50(66(77)64-17-13-35-82-64)25-33-61(56)71(59)52-28-20-46(21-29-52)41(2)68-79-43(4)73/h12-13,16-39H,6-11,14-15H2,1-5H3. The Bertz CT molecular complexity index is 4190. The molecular weight excluding hydrogens is 1070 g/mol. The molecule has 10 rings (SSSR count). The molecule has 0 fully saturated rings. The summed E-state index contributed by atoms with van der Waals surface area (Å²) >= 11 is 2.80. The highest BCUT2D eigenvalue weighted by Crippen LogP contribution is 2.37. The first kappa shape index (κ1) is 56.0. The van der Waals surface area contributed by atoms with Crippen LogP contribution in [0.5, 0.6) is 0 Å². The molecule has 4 aromatic heterocycles. The van der Waals surface area contributed by atoms with Crippen molar-refractivity contribution >= 4 is 119 Å². The molecule has 0 radical (unpaired) electrons. The lowest BCUT2D eigenvalue weighted by Gasteiger charge is -2.10. The van der Waals surface area contributed by atoms with E-state index in [-0.39, 0.29) is 17.3 Å². The lowest BCUT2D eigenvalue weighted by atomic mass is 9.99. The first-order valence-corrected chi connectivity index (χ1v) is 28.7. The fourth-order valence-corrected chi connectivity index (χ4v) is 11.6. The molecule has 0 aliphatic carbocycles. The molecule has 0 amide bonds. The maximum atomic E-state index is 13.9. The van der Waals surface area contributed by atoms with E-state index in [4.69, 9.17) is 14.5 Å². The number of aromatic nitrogens is 2. The molecule has 0 saturated heterocycles. The van der Waals surface area contributed by atoms with Crippen LogP contribution in [0.3, 0.4) is 0 Å².